The molecule has 0 aliphatic carbocycles. The lowest BCUT2D eigenvalue weighted by Crippen LogP contribution is -2.47. The Balaban J connectivity index is 1.23. The first-order valence-corrected chi connectivity index (χ1v) is 11.4. The summed E-state index contributed by atoms with van der Waals surface area (Å²) in [5.41, 5.74) is 1.17. The Morgan fingerprint density at radius 3 is 2.96 bits per heavy atom. The van der Waals surface area contributed by atoms with Crippen LogP contribution in [-0.4, -0.2) is 41.8 Å². The number of rotatable bonds is 7. The molecule has 4 heterocycles. The van der Waals surface area contributed by atoms with Crippen LogP contribution in [0, 0.1) is 12.8 Å². The number of hydrogen-bond acceptors (Lipinski definition) is 6. The van der Waals surface area contributed by atoms with Crippen molar-refractivity contribution in [2.45, 2.75) is 51.4 Å². The van der Waals surface area contributed by atoms with Crippen molar-refractivity contribution in [3.8, 4) is 0 Å². The van der Waals surface area contributed by atoms with Gasteiger partial charge in [0.15, 0.2) is 0 Å². The van der Waals surface area contributed by atoms with Gasteiger partial charge in [-0.25, -0.2) is 4.98 Å². The number of aryl methyl sites for hydroxylation is 1. The highest BCUT2D eigenvalue weighted by molar-refractivity contribution is 7.10. The summed E-state index contributed by atoms with van der Waals surface area (Å²) >= 11 is 3.55. The lowest BCUT2D eigenvalue weighted by molar-refractivity contribution is -0.0732. The summed E-state index contributed by atoms with van der Waals surface area (Å²) in [6, 6.07) is 4.39. The zero-order valence-electron chi connectivity index (χ0n) is 15.5. The minimum absolute atomic E-state index is 0.104. The Morgan fingerprint density at radius 1 is 1.35 bits per heavy atom. The van der Waals surface area contributed by atoms with E-state index in [0.29, 0.717) is 12.5 Å². The molecule has 26 heavy (non-hydrogen) atoms. The smallest absolute Gasteiger partial charge is 0.0898 e. The number of thiazole rings is 1. The van der Waals surface area contributed by atoms with Gasteiger partial charge in [0.25, 0.3) is 0 Å². The van der Waals surface area contributed by atoms with Crippen LogP contribution in [0.1, 0.15) is 41.3 Å². The Labute approximate surface area is 164 Å². The quantitative estimate of drug-likeness (QED) is 0.650. The van der Waals surface area contributed by atoms with Gasteiger partial charge in [0.2, 0.25) is 0 Å². The molecule has 2 aromatic rings. The molecule has 0 N–H and O–H groups in total. The largest absolute Gasteiger partial charge is 0.375 e. The monoisotopic (exact) mass is 392 g/mol. The first-order valence-electron chi connectivity index (χ1n) is 9.61. The van der Waals surface area contributed by atoms with E-state index < -0.39 is 0 Å². The normalized spacial score (nSPS) is 23.0. The summed E-state index contributed by atoms with van der Waals surface area (Å²) in [5.74, 6) is 0.642. The molecule has 0 unspecified atom stereocenters. The second-order valence-corrected chi connectivity index (χ2v) is 9.55. The van der Waals surface area contributed by atoms with Crippen molar-refractivity contribution >= 4 is 22.7 Å². The Hall–Kier alpha value is -0.790. The minimum atomic E-state index is 0.104. The molecule has 6 heteroatoms. The van der Waals surface area contributed by atoms with E-state index in [9.17, 15) is 0 Å². The summed E-state index contributed by atoms with van der Waals surface area (Å²) in [6.45, 7) is 7.79. The number of likely N-dealkylation sites (tertiary alicyclic amines) is 1. The van der Waals surface area contributed by atoms with Gasteiger partial charge in [-0.1, -0.05) is 6.07 Å². The predicted molar refractivity (Wildman–Crippen MR) is 107 cm³/mol. The van der Waals surface area contributed by atoms with Gasteiger partial charge in [0.05, 0.1) is 22.9 Å². The molecule has 0 radical (unpaired) electrons. The van der Waals surface area contributed by atoms with E-state index in [2.05, 4.69) is 32.8 Å². The van der Waals surface area contributed by atoms with Crippen LogP contribution in [0.4, 0.5) is 0 Å². The second-order valence-electron chi connectivity index (χ2n) is 7.45. The molecule has 4 nitrogen and oxygen atoms in total. The minimum Gasteiger partial charge on any atom is -0.375 e. The molecule has 2 aromatic heterocycles. The average molecular weight is 393 g/mol. The zero-order valence-corrected chi connectivity index (χ0v) is 17.1. The number of nitrogens with zero attached hydrogens (tertiary/aromatic N) is 2. The topological polar surface area (TPSA) is 34.6 Å². The van der Waals surface area contributed by atoms with Gasteiger partial charge in [0, 0.05) is 43.1 Å². The molecule has 1 atom stereocenters. The summed E-state index contributed by atoms with van der Waals surface area (Å²) in [4.78, 5) is 8.51. The van der Waals surface area contributed by atoms with E-state index in [4.69, 9.17) is 9.47 Å². The van der Waals surface area contributed by atoms with Gasteiger partial charge in [-0.05, 0) is 50.0 Å². The second kappa shape index (κ2) is 8.48. The van der Waals surface area contributed by atoms with Crippen molar-refractivity contribution in [1.82, 2.24) is 9.88 Å². The van der Waals surface area contributed by atoms with Crippen molar-refractivity contribution in [2.75, 3.05) is 26.3 Å². The summed E-state index contributed by atoms with van der Waals surface area (Å²) in [7, 11) is 0. The van der Waals surface area contributed by atoms with E-state index >= 15 is 0 Å². The third kappa shape index (κ3) is 4.37. The molecule has 0 aromatic carbocycles. The van der Waals surface area contributed by atoms with E-state index in [-0.39, 0.29) is 5.60 Å². The predicted octanol–water partition coefficient (Wildman–Crippen LogP) is 4.49. The van der Waals surface area contributed by atoms with Gasteiger partial charge < -0.3 is 9.47 Å². The molecule has 2 saturated heterocycles. The van der Waals surface area contributed by atoms with Crippen molar-refractivity contribution < 1.29 is 9.47 Å². The molecule has 0 amide bonds. The van der Waals surface area contributed by atoms with Crippen LogP contribution in [0.2, 0.25) is 0 Å². The fourth-order valence-corrected chi connectivity index (χ4v) is 5.68. The van der Waals surface area contributed by atoms with Crippen molar-refractivity contribution in [3.05, 3.63) is 38.5 Å². The van der Waals surface area contributed by atoms with E-state index in [1.807, 2.05) is 18.3 Å². The number of piperidine rings is 1. The van der Waals surface area contributed by atoms with Crippen molar-refractivity contribution in [1.29, 1.82) is 0 Å². The highest BCUT2D eigenvalue weighted by Gasteiger charge is 2.45. The molecule has 4 rings (SSSR count). The van der Waals surface area contributed by atoms with E-state index in [0.717, 1.165) is 62.8 Å². The molecule has 0 bridgehead atoms. The maximum atomic E-state index is 6.31. The van der Waals surface area contributed by atoms with Gasteiger partial charge >= 0.3 is 0 Å². The molecule has 2 aliphatic heterocycles. The van der Waals surface area contributed by atoms with E-state index in [1.165, 1.54) is 11.3 Å². The highest BCUT2D eigenvalue weighted by Crippen LogP contribution is 2.42. The zero-order chi connectivity index (χ0) is 17.8. The lowest BCUT2D eigenvalue weighted by Gasteiger charge is -2.42. The SMILES string of the molecule is Cc1nc(COCC[C@@H]2CCOC23CCN(Cc2cccs2)CC3)cs1. The number of thiophene rings is 1. The Morgan fingerprint density at radius 2 is 2.23 bits per heavy atom. The van der Waals surface area contributed by atoms with Gasteiger partial charge in [0.1, 0.15) is 0 Å². The molecule has 2 fully saturated rings. The fourth-order valence-electron chi connectivity index (χ4n) is 4.33. The number of aromatic nitrogens is 1. The number of hydrogen-bond donors (Lipinski definition) is 0. The van der Waals surface area contributed by atoms with Gasteiger partial charge in [-0.15, -0.1) is 22.7 Å². The van der Waals surface area contributed by atoms with Crippen LogP contribution in [0.25, 0.3) is 0 Å². The van der Waals surface area contributed by atoms with Crippen LogP contribution in [-0.2, 0) is 22.6 Å². The molecule has 1 spiro atoms. The lowest BCUT2D eigenvalue weighted by atomic mass is 9.78. The van der Waals surface area contributed by atoms with Crippen LogP contribution in [0.3, 0.4) is 0 Å². The van der Waals surface area contributed by atoms with Gasteiger partial charge in [-0.2, -0.15) is 0 Å². The highest BCUT2D eigenvalue weighted by atomic mass is 32.1. The molecular formula is C20H28N2O2S2. The number of ether oxygens (including phenoxy) is 2. The third-order valence-electron chi connectivity index (χ3n) is 5.79. The molecule has 0 saturated carbocycles. The Kier molecular flexibility index (Phi) is 6.06. The standard InChI is InChI=1S/C20H28N2O2S2/c1-16-21-18(15-26-16)14-23-10-4-17-5-11-24-20(17)6-8-22(9-7-20)13-19-3-2-12-25-19/h2-3,12,15,17H,4-11,13-14H2,1H3/t17-/m1/s1. The molecule has 142 valence electrons. The first kappa shape index (κ1) is 18.6. The Bertz CT molecular complexity index is 678. The van der Waals surface area contributed by atoms with Crippen LogP contribution >= 0.6 is 22.7 Å². The maximum absolute atomic E-state index is 6.31. The molecule has 2 aliphatic rings. The van der Waals surface area contributed by atoms with Crippen molar-refractivity contribution in [2.24, 2.45) is 5.92 Å². The summed E-state index contributed by atoms with van der Waals surface area (Å²) < 4.78 is 12.2. The third-order valence-corrected chi connectivity index (χ3v) is 7.47. The van der Waals surface area contributed by atoms with Gasteiger partial charge in [-0.3, -0.25) is 4.90 Å². The average Bonchev–Trinajstić information content (AvgIpc) is 3.37. The van der Waals surface area contributed by atoms with Crippen molar-refractivity contribution in [3.63, 3.8) is 0 Å². The van der Waals surface area contributed by atoms with Crippen LogP contribution in [0.5, 0.6) is 0 Å². The summed E-state index contributed by atoms with van der Waals surface area (Å²) in [6.07, 6.45) is 4.61. The van der Waals surface area contributed by atoms with Crippen LogP contribution in [0.15, 0.2) is 22.9 Å². The fraction of sp³-hybridized carbons (Fsp3) is 0.650. The molecular weight excluding hydrogens is 364 g/mol. The van der Waals surface area contributed by atoms with E-state index in [1.54, 1.807) is 11.3 Å². The summed E-state index contributed by atoms with van der Waals surface area (Å²) in [5, 5.41) is 5.38. The maximum Gasteiger partial charge on any atom is 0.0898 e. The van der Waals surface area contributed by atoms with Crippen LogP contribution < -0.4 is 0 Å². The first-order chi connectivity index (χ1) is 12.7.